The van der Waals surface area contributed by atoms with Crippen LogP contribution in [0.15, 0.2) is 47.6 Å². The highest BCUT2D eigenvalue weighted by atomic mass is 35.5. The van der Waals surface area contributed by atoms with E-state index in [2.05, 4.69) is 10.5 Å². The number of nitrogens with one attached hydrogen (secondary N) is 1. The number of carbonyl (C=O) groups excluding carboxylic acids is 1. The summed E-state index contributed by atoms with van der Waals surface area (Å²) in [5.41, 5.74) is 4.91. The minimum atomic E-state index is -0.475. The number of rotatable bonds is 4. The first-order chi connectivity index (χ1) is 10.9. The van der Waals surface area contributed by atoms with E-state index in [1.807, 2.05) is 6.92 Å². The molecule has 1 N–H and O–H groups in total. The summed E-state index contributed by atoms with van der Waals surface area (Å²) in [4.78, 5) is 22.2. The Hall–Kier alpha value is -2.73. The number of halogens is 1. The molecule has 2 aromatic rings. The monoisotopic (exact) mass is 331 g/mol. The molecule has 0 spiro atoms. The van der Waals surface area contributed by atoms with Gasteiger partial charge in [0.15, 0.2) is 0 Å². The molecule has 0 fully saturated rings. The first kappa shape index (κ1) is 16.6. The van der Waals surface area contributed by atoms with Gasteiger partial charge in [-0.2, -0.15) is 5.10 Å². The molecule has 0 heterocycles. The molecule has 7 heteroatoms. The topological polar surface area (TPSA) is 84.6 Å². The minimum Gasteiger partial charge on any atom is -0.267 e. The molecule has 2 rings (SSSR count). The maximum atomic E-state index is 12.1. The number of benzene rings is 2. The summed E-state index contributed by atoms with van der Waals surface area (Å²) in [6.07, 6.45) is 0. The van der Waals surface area contributed by atoms with Crippen molar-refractivity contribution in [3.63, 3.8) is 0 Å². The summed E-state index contributed by atoms with van der Waals surface area (Å²) in [5, 5.41) is 15.0. The van der Waals surface area contributed by atoms with E-state index in [1.54, 1.807) is 37.3 Å². The zero-order valence-corrected chi connectivity index (χ0v) is 13.3. The van der Waals surface area contributed by atoms with Crippen molar-refractivity contribution in [3.8, 4) is 0 Å². The number of nitrogens with zero attached hydrogens (tertiary/aromatic N) is 2. The van der Waals surface area contributed by atoms with Crippen LogP contribution in [0.5, 0.6) is 0 Å². The van der Waals surface area contributed by atoms with E-state index in [0.29, 0.717) is 21.9 Å². The summed E-state index contributed by atoms with van der Waals surface area (Å²) < 4.78 is 0. The Morgan fingerprint density at radius 2 is 1.87 bits per heavy atom. The summed E-state index contributed by atoms with van der Waals surface area (Å²) in [6, 6.07) is 11.0. The maximum absolute atomic E-state index is 12.1. The zero-order valence-electron chi connectivity index (χ0n) is 12.5. The molecule has 0 aliphatic rings. The van der Waals surface area contributed by atoms with E-state index in [4.69, 9.17) is 11.6 Å². The largest absolute Gasteiger partial charge is 0.272 e. The van der Waals surface area contributed by atoms with Crippen LogP contribution in [-0.4, -0.2) is 16.5 Å². The summed E-state index contributed by atoms with van der Waals surface area (Å²) in [6.45, 7) is 3.57. The number of hydrogen-bond donors (Lipinski definition) is 1. The smallest absolute Gasteiger partial charge is 0.267 e. The average molecular weight is 332 g/mol. The zero-order chi connectivity index (χ0) is 17.0. The number of aryl methyl sites for hydroxylation is 1. The van der Waals surface area contributed by atoms with Gasteiger partial charge in [-0.1, -0.05) is 17.7 Å². The molecule has 6 nitrogen and oxygen atoms in total. The number of amides is 1. The van der Waals surface area contributed by atoms with Gasteiger partial charge in [0.05, 0.1) is 21.2 Å². The summed E-state index contributed by atoms with van der Waals surface area (Å²) >= 11 is 6.03. The molecule has 0 unspecified atom stereocenters. The number of hydrogen-bond acceptors (Lipinski definition) is 4. The second-order valence-electron chi connectivity index (χ2n) is 4.93. The van der Waals surface area contributed by atoms with Gasteiger partial charge in [-0.05, 0) is 49.2 Å². The van der Waals surface area contributed by atoms with E-state index >= 15 is 0 Å². The number of nitro groups is 1. The van der Waals surface area contributed by atoms with Crippen LogP contribution >= 0.6 is 11.6 Å². The average Bonchev–Trinajstić information content (AvgIpc) is 2.52. The maximum Gasteiger partial charge on any atom is 0.272 e. The van der Waals surface area contributed by atoms with Crippen LogP contribution < -0.4 is 5.43 Å². The molecule has 0 aliphatic heterocycles. The standard InChI is InChI=1S/C16H14ClN3O3/c1-10-3-8-14(15(17)9-10)16(21)19-18-11(2)12-4-6-13(7-5-12)20(22)23/h3-9H,1-2H3,(H,19,21). The van der Waals surface area contributed by atoms with E-state index < -0.39 is 10.8 Å². The van der Waals surface area contributed by atoms with Crippen LogP contribution in [-0.2, 0) is 0 Å². The summed E-state index contributed by atoms with van der Waals surface area (Å²) in [5.74, 6) is -0.420. The molecule has 2 aromatic carbocycles. The van der Waals surface area contributed by atoms with Crippen molar-refractivity contribution in [2.45, 2.75) is 13.8 Å². The molecule has 23 heavy (non-hydrogen) atoms. The highest BCUT2D eigenvalue weighted by Gasteiger charge is 2.10. The molecular formula is C16H14ClN3O3. The molecule has 0 bridgehead atoms. The van der Waals surface area contributed by atoms with Crippen LogP contribution in [0.1, 0.15) is 28.4 Å². The first-order valence-corrected chi connectivity index (χ1v) is 7.12. The normalized spacial score (nSPS) is 11.2. The molecule has 0 radical (unpaired) electrons. The second kappa shape index (κ2) is 7.02. The van der Waals surface area contributed by atoms with Crippen molar-refractivity contribution in [2.24, 2.45) is 5.10 Å². The van der Waals surface area contributed by atoms with E-state index in [-0.39, 0.29) is 5.69 Å². The molecule has 118 valence electrons. The first-order valence-electron chi connectivity index (χ1n) is 6.74. The van der Waals surface area contributed by atoms with Crippen LogP contribution in [0.2, 0.25) is 5.02 Å². The Bertz CT molecular complexity index is 786. The van der Waals surface area contributed by atoms with Crippen molar-refractivity contribution in [1.29, 1.82) is 0 Å². The summed E-state index contributed by atoms with van der Waals surface area (Å²) in [7, 11) is 0. The van der Waals surface area contributed by atoms with Gasteiger partial charge in [-0.3, -0.25) is 14.9 Å². The lowest BCUT2D eigenvalue weighted by Crippen LogP contribution is -2.19. The van der Waals surface area contributed by atoms with Gasteiger partial charge in [0.1, 0.15) is 0 Å². The van der Waals surface area contributed by atoms with E-state index in [0.717, 1.165) is 5.56 Å². The third-order valence-corrected chi connectivity index (χ3v) is 3.50. The lowest BCUT2D eigenvalue weighted by molar-refractivity contribution is -0.384. The van der Waals surface area contributed by atoms with Gasteiger partial charge in [0.2, 0.25) is 0 Å². The van der Waals surface area contributed by atoms with Crippen LogP contribution in [0.4, 0.5) is 5.69 Å². The predicted molar refractivity (Wildman–Crippen MR) is 89.0 cm³/mol. The lowest BCUT2D eigenvalue weighted by Gasteiger charge is -2.05. The van der Waals surface area contributed by atoms with E-state index in [9.17, 15) is 14.9 Å². The molecule has 0 aromatic heterocycles. The number of hydrazone groups is 1. The number of nitro benzene ring substituents is 1. The van der Waals surface area contributed by atoms with Gasteiger partial charge in [-0.15, -0.1) is 0 Å². The Morgan fingerprint density at radius 3 is 2.43 bits per heavy atom. The Kier molecular flexibility index (Phi) is 5.08. The Labute approximate surface area is 137 Å². The highest BCUT2D eigenvalue weighted by molar-refractivity contribution is 6.33. The predicted octanol–water partition coefficient (Wildman–Crippen LogP) is 3.71. The Balaban J connectivity index is 2.12. The van der Waals surface area contributed by atoms with Crippen molar-refractivity contribution >= 4 is 28.9 Å². The van der Waals surface area contributed by atoms with Crippen molar-refractivity contribution in [1.82, 2.24) is 5.43 Å². The van der Waals surface area contributed by atoms with Crippen molar-refractivity contribution in [2.75, 3.05) is 0 Å². The molecule has 0 atom stereocenters. The fraction of sp³-hybridized carbons (Fsp3) is 0.125. The molecule has 1 amide bonds. The molecule has 0 saturated heterocycles. The SMILES string of the molecule is CC(=NNC(=O)c1ccc(C)cc1Cl)c1ccc([N+](=O)[O-])cc1. The van der Waals surface area contributed by atoms with Crippen molar-refractivity contribution < 1.29 is 9.72 Å². The third-order valence-electron chi connectivity index (χ3n) is 3.19. The quantitative estimate of drug-likeness (QED) is 0.526. The van der Waals surface area contributed by atoms with Gasteiger partial charge >= 0.3 is 0 Å². The van der Waals surface area contributed by atoms with Crippen LogP contribution in [0.3, 0.4) is 0 Å². The van der Waals surface area contributed by atoms with Crippen LogP contribution in [0.25, 0.3) is 0 Å². The minimum absolute atomic E-state index is 0.00276. The van der Waals surface area contributed by atoms with Gasteiger partial charge in [0, 0.05) is 12.1 Å². The number of non-ortho nitro benzene ring substituents is 1. The Morgan fingerprint density at radius 1 is 1.22 bits per heavy atom. The van der Waals surface area contributed by atoms with Crippen molar-refractivity contribution in [3.05, 3.63) is 74.3 Å². The highest BCUT2D eigenvalue weighted by Crippen LogP contribution is 2.17. The fourth-order valence-corrected chi connectivity index (χ4v) is 2.21. The van der Waals surface area contributed by atoms with Crippen LogP contribution in [0, 0.1) is 17.0 Å². The second-order valence-corrected chi connectivity index (χ2v) is 5.33. The van der Waals surface area contributed by atoms with E-state index in [1.165, 1.54) is 12.1 Å². The fourth-order valence-electron chi connectivity index (χ4n) is 1.89. The molecular weight excluding hydrogens is 318 g/mol. The number of carbonyl (C=O) groups is 1. The van der Waals surface area contributed by atoms with Gasteiger partial charge < -0.3 is 0 Å². The lowest BCUT2D eigenvalue weighted by atomic mass is 10.1. The molecule has 0 aliphatic carbocycles. The van der Waals surface area contributed by atoms with Gasteiger partial charge in [-0.25, -0.2) is 5.43 Å². The van der Waals surface area contributed by atoms with Gasteiger partial charge in [0.25, 0.3) is 11.6 Å². The third kappa shape index (κ3) is 4.14. The molecule has 0 saturated carbocycles.